The summed E-state index contributed by atoms with van der Waals surface area (Å²) in [6.45, 7) is 5.22. The van der Waals surface area contributed by atoms with Crippen molar-refractivity contribution in [1.82, 2.24) is 24.5 Å². The predicted octanol–water partition coefficient (Wildman–Crippen LogP) is 5.65. The van der Waals surface area contributed by atoms with E-state index in [4.69, 9.17) is 6.85 Å². The first kappa shape index (κ1) is 17.6. The molecule has 8 nitrogen and oxygen atoms in total. The van der Waals surface area contributed by atoms with Gasteiger partial charge in [0.05, 0.1) is 24.6 Å². The quantitative estimate of drug-likeness (QED) is 0.326. The summed E-state index contributed by atoms with van der Waals surface area (Å²) in [6.07, 6.45) is 6.05. The standard InChI is InChI=1S/C28H25N7O/c1-18-11-23(14-24(12-18)35-16-20(3)31-17-35)32-27(36)21-7-6-19(2)26(13-21)34-28-30-10-8-25(33-28)22-5-4-9-29-15-22/h4-17H,1-3H3,(H,32,36)(H,30,33,34)/i8D,10D,11D,12D,14D. The first-order valence-corrected chi connectivity index (χ1v) is 11.1. The lowest BCUT2D eigenvalue weighted by molar-refractivity contribution is 0.102. The summed E-state index contributed by atoms with van der Waals surface area (Å²) in [6, 6.07) is 7.95. The molecule has 0 aliphatic heterocycles. The van der Waals surface area contributed by atoms with E-state index in [1.807, 2.05) is 6.92 Å². The van der Waals surface area contributed by atoms with Crippen LogP contribution in [0.25, 0.3) is 16.9 Å². The lowest BCUT2D eigenvalue weighted by Crippen LogP contribution is -2.13. The fourth-order valence-corrected chi connectivity index (χ4v) is 3.50. The third-order valence-corrected chi connectivity index (χ3v) is 5.31. The number of benzene rings is 2. The molecular weight excluding hydrogens is 450 g/mol. The number of imidazole rings is 1. The van der Waals surface area contributed by atoms with Crippen LogP contribution in [-0.4, -0.2) is 30.4 Å². The Labute approximate surface area is 216 Å². The number of rotatable bonds is 6. The van der Waals surface area contributed by atoms with Crippen molar-refractivity contribution in [2.24, 2.45) is 0 Å². The van der Waals surface area contributed by atoms with Crippen molar-refractivity contribution >= 4 is 23.2 Å². The van der Waals surface area contributed by atoms with Crippen molar-refractivity contribution in [2.45, 2.75) is 20.8 Å². The minimum absolute atomic E-state index is 0.00957. The van der Waals surface area contributed by atoms with Crippen LogP contribution in [0.3, 0.4) is 0 Å². The Kier molecular flexibility index (Phi) is 4.78. The molecule has 0 fully saturated rings. The topological polar surface area (TPSA) is 97.6 Å². The number of carbonyl (C=O) groups excluding carboxylic acids is 1. The highest BCUT2D eigenvalue weighted by atomic mass is 16.1. The molecule has 5 rings (SSSR count). The van der Waals surface area contributed by atoms with Crippen LogP contribution in [0.2, 0.25) is 0 Å². The van der Waals surface area contributed by atoms with Crippen LogP contribution >= 0.6 is 0 Å². The molecule has 0 aliphatic carbocycles. The molecule has 178 valence electrons. The van der Waals surface area contributed by atoms with Gasteiger partial charge < -0.3 is 15.2 Å². The molecule has 0 unspecified atom stereocenters. The van der Waals surface area contributed by atoms with Gasteiger partial charge in [-0.25, -0.2) is 15.0 Å². The molecule has 8 heteroatoms. The van der Waals surface area contributed by atoms with Crippen LogP contribution in [0.15, 0.2) is 85.6 Å². The molecule has 3 heterocycles. The second-order valence-electron chi connectivity index (χ2n) is 8.13. The van der Waals surface area contributed by atoms with Gasteiger partial charge in [-0.1, -0.05) is 6.07 Å². The Morgan fingerprint density at radius 1 is 1.08 bits per heavy atom. The van der Waals surface area contributed by atoms with Gasteiger partial charge in [0.1, 0.15) is 0 Å². The van der Waals surface area contributed by atoms with Crippen molar-refractivity contribution in [3.63, 3.8) is 0 Å². The molecule has 2 aromatic carbocycles. The number of anilines is 3. The van der Waals surface area contributed by atoms with Crippen LogP contribution < -0.4 is 10.6 Å². The van der Waals surface area contributed by atoms with Crippen LogP contribution in [0.4, 0.5) is 17.3 Å². The van der Waals surface area contributed by atoms with E-state index >= 15 is 0 Å². The fourth-order valence-electron chi connectivity index (χ4n) is 3.50. The highest BCUT2D eigenvalue weighted by Gasteiger charge is 2.12. The summed E-state index contributed by atoms with van der Waals surface area (Å²) in [7, 11) is 0. The minimum atomic E-state index is -0.556. The van der Waals surface area contributed by atoms with E-state index in [1.165, 1.54) is 6.33 Å². The lowest BCUT2D eigenvalue weighted by Gasteiger charge is -2.13. The van der Waals surface area contributed by atoms with Crippen molar-refractivity contribution in [3.05, 3.63) is 108 Å². The zero-order valence-electron chi connectivity index (χ0n) is 24.8. The highest BCUT2D eigenvalue weighted by molar-refractivity contribution is 6.05. The van der Waals surface area contributed by atoms with Gasteiger partial charge in [0.25, 0.3) is 5.91 Å². The Balaban J connectivity index is 1.47. The number of nitrogens with zero attached hydrogens (tertiary/aromatic N) is 5. The van der Waals surface area contributed by atoms with Crippen LogP contribution in [0.5, 0.6) is 0 Å². The molecule has 0 bridgehead atoms. The second-order valence-corrected chi connectivity index (χ2v) is 8.13. The van der Waals surface area contributed by atoms with E-state index < -0.39 is 5.91 Å². The number of carbonyl (C=O) groups is 1. The van der Waals surface area contributed by atoms with E-state index in [0.29, 0.717) is 22.5 Å². The summed E-state index contributed by atoms with van der Waals surface area (Å²) in [5.41, 5.74) is 3.52. The zero-order valence-corrected chi connectivity index (χ0v) is 19.8. The molecule has 0 saturated carbocycles. The number of aromatic nitrogens is 5. The number of hydrogen-bond acceptors (Lipinski definition) is 6. The van der Waals surface area contributed by atoms with E-state index in [1.54, 1.807) is 67.3 Å². The smallest absolute Gasteiger partial charge is 0.255 e. The summed E-state index contributed by atoms with van der Waals surface area (Å²) < 4.78 is 43.6. The SMILES string of the molecule is [2H]c1nc(Nc2cc(C(=O)Nc3c([2H])c(C)c([2H])c(-n4cnc(C)c4)c3[2H])ccc2C)nc(-c2cccnc2)c1[2H]. The van der Waals surface area contributed by atoms with Gasteiger partial charge in [-0.3, -0.25) is 9.78 Å². The third-order valence-electron chi connectivity index (χ3n) is 5.31. The maximum atomic E-state index is 13.4. The molecule has 5 aromatic rings. The Morgan fingerprint density at radius 3 is 2.75 bits per heavy atom. The van der Waals surface area contributed by atoms with Crippen LogP contribution in [0.1, 0.15) is 34.0 Å². The molecule has 0 spiro atoms. The van der Waals surface area contributed by atoms with E-state index in [0.717, 1.165) is 5.56 Å². The number of aryl methyl sites for hydroxylation is 2. The predicted molar refractivity (Wildman–Crippen MR) is 141 cm³/mol. The lowest BCUT2D eigenvalue weighted by atomic mass is 10.1. The first-order valence-electron chi connectivity index (χ1n) is 13.6. The number of hydrogen-bond donors (Lipinski definition) is 2. The van der Waals surface area contributed by atoms with Gasteiger partial charge in [-0.2, -0.15) is 0 Å². The number of nitrogens with one attached hydrogen (secondary N) is 2. The van der Waals surface area contributed by atoms with Crippen LogP contribution in [0, 0.1) is 20.8 Å². The van der Waals surface area contributed by atoms with Gasteiger partial charge >= 0.3 is 0 Å². The average molecular weight is 481 g/mol. The van der Waals surface area contributed by atoms with E-state index in [9.17, 15) is 4.79 Å². The summed E-state index contributed by atoms with van der Waals surface area (Å²) in [5.74, 6) is -0.478. The van der Waals surface area contributed by atoms with E-state index in [2.05, 4.69) is 30.6 Å². The summed E-state index contributed by atoms with van der Waals surface area (Å²) >= 11 is 0. The fraction of sp³-hybridized carbons (Fsp3) is 0.107. The average Bonchev–Trinajstić information content (AvgIpc) is 3.38. The zero-order chi connectivity index (χ0) is 29.4. The Hall–Kier alpha value is -4.85. The highest BCUT2D eigenvalue weighted by Crippen LogP contribution is 2.24. The maximum absolute atomic E-state index is 13.4. The van der Waals surface area contributed by atoms with Gasteiger partial charge in [0, 0.05) is 53.0 Å². The Morgan fingerprint density at radius 2 is 1.97 bits per heavy atom. The minimum Gasteiger partial charge on any atom is -0.324 e. The molecule has 0 aliphatic rings. The molecule has 0 radical (unpaired) electrons. The van der Waals surface area contributed by atoms with Crippen molar-refractivity contribution in [2.75, 3.05) is 10.6 Å². The summed E-state index contributed by atoms with van der Waals surface area (Å²) in [5, 5.41) is 5.73. The largest absolute Gasteiger partial charge is 0.324 e. The third kappa shape index (κ3) is 5.12. The van der Waals surface area contributed by atoms with Crippen LogP contribution in [-0.2, 0) is 0 Å². The molecule has 2 N–H and O–H groups in total. The second kappa shape index (κ2) is 9.79. The molecule has 1 amide bonds. The van der Waals surface area contributed by atoms with Gasteiger partial charge in [-0.15, -0.1) is 0 Å². The number of pyridine rings is 1. The molecule has 3 aromatic heterocycles. The normalized spacial score (nSPS) is 12.7. The molecule has 0 atom stereocenters. The maximum Gasteiger partial charge on any atom is 0.255 e. The van der Waals surface area contributed by atoms with Crippen molar-refractivity contribution in [1.29, 1.82) is 0 Å². The number of amides is 1. The molecule has 36 heavy (non-hydrogen) atoms. The monoisotopic (exact) mass is 480 g/mol. The van der Waals surface area contributed by atoms with Gasteiger partial charge in [0.2, 0.25) is 5.95 Å². The van der Waals surface area contributed by atoms with Gasteiger partial charge in [0.15, 0.2) is 0 Å². The first-order chi connectivity index (χ1) is 19.5. The van der Waals surface area contributed by atoms with E-state index in [-0.39, 0.29) is 58.9 Å². The van der Waals surface area contributed by atoms with Crippen molar-refractivity contribution < 1.29 is 11.6 Å². The molecule has 0 saturated heterocycles. The summed E-state index contributed by atoms with van der Waals surface area (Å²) in [4.78, 5) is 30.1. The van der Waals surface area contributed by atoms with Gasteiger partial charge in [-0.05, 0) is 80.3 Å². The van der Waals surface area contributed by atoms with Crippen molar-refractivity contribution in [3.8, 4) is 16.9 Å². The molecular formula is C28H25N7O. The Bertz CT molecular complexity index is 1810.